The van der Waals surface area contributed by atoms with E-state index in [-0.39, 0.29) is 12.1 Å². The number of nitrogens with zero attached hydrogens (tertiary/aromatic N) is 4. The Hall–Kier alpha value is -4.60. The summed E-state index contributed by atoms with van der Waals surface area (Å²) in [6.45, 7) is 5.36. The second-order valence-corrected chi connectivity index (χ2v) is 6.95. The molecule has 176 valence electrons. The molecule has 4 N–H and O–H groups in total. The molecule has 10 heteroatoms. The summed E-state index contributed by atoms with van der Waals surface area (Å²) in [6, 6.07) is 21.6. The second kappa shape index (κ2) is 12.4. The monoisotopic (exact) mass is 460 g/mol. The van der Waals surface area contributed by atoms with Crippen LogP contribution in [0.1, 0.15) is 13.8 Å². The van der Waals surface area contributed by atoms with E-state index >= 15 is 0 Å². The molecule has 2 aromatic heterocycles. The quantitative estimate of drug-likeness (QED) is 0.320. The summed E-state index contributed by atoms with van der Waals surface area (Å²) in [6.07, 6.45) is 3.31. The van der Waals surface area contributed by atoms with E-state index in [1.807, 2.05) is 74.5 Å². The summed E-state index contributed by atoms with van der Waals surface area (Å²) in [5.41, 5.74) is 1.51. The van der Waals surface area contributed by atoms with Crippen molar-refractivity contribution in [1.29, 1.82) is 0 Å². The average molecular weight is 461 g/mol. The standard InChI is InChI=1S/2C12H14N4O/c2*1-2-16-11(8-9-13-16)15-12(17)14-10-6-4-3-5-7-10/h2*3-9H,2H2,1H3,(H2,14,15,17). The maximum atomic E-state index is 11.7. The third-order valence-electron chi connectivity index (χ3n) is 4.58. The molecular formula is C24H28N8O2. The van der Waals surface area contributed by atoms with Crippen LogP contribution in [-0.2, 0) is 13.1 Å². The fourth-order valence-corrected chi connectivity index (χ4v) is 2.98. The third kappa shape index (κ3) is 7.23. The number of rotatable bonds is 6. The maximum Gasteiger partial charge on any atom is 0.324 e. The van der Waals surface area contributed by atoms with Gasteiger partial charge in [0.25, 0.3) is 0 Å². The molecule has 0 saturated carbocycles. The molecule has 0 saturated heterocycles. The largest absolute Gasteiger partial charge is 0.324 e. The SMILES string of the molecule is CCn1nccc1NC(=O)Nc1ccccc1.CCn1nccc1NC(=O)Nc1ccccc1. The van der Waals surface area contributed by atoms with E-state index in [1.54, 1.807) is 33.9 Å². The van der Waals surface area contributed by atoms with Crippen LogP contribution in [0, 0.1) is 0 Å². The lowest BCUT2D eigenvalue weighted by molar-refractivity contribution is 0.261. The lowest BCUT2D eigenvalue weighted by Crippen LogP contribution is -2.21. The first kappa shape index (κ1) is 24.1. The van der Waals surface area contributed by atoms with Crippen molar-refractivity contribution in [2.75, 3.05) is 21.3 Å². The number of nitrogens with one attached hydrogen (secondary N) is 4. The van der Waals surface area contributed by atoms with Gasteiger partial charge in [-0.1, -0.05) is 36.4 Å². The molecule has 0 aliphatic carbocycles. The number of para-hydroxylation sites is 2. The van der Waals surface area contributed by atoms with Crippen LogP contribution in [0.15, 0.2) is 85.2 Å². The first-order valence-corrected chi connectivity index (χ1v) is 10.9. The van der Waals surface area contributed by atoms with Gasteiger partial charge in [-0.05, 0) is 38.1 Å². The van der Waals surface area contributed by atoms with Gasteiger partial charge >= 0.3 is 12.1 Å². The van der Waals surface area contributed by atoms with Gasteiger partial charge in [-0.2, -0.15) is 10.2 Å². The van der Waals surface area contributed by atoms with Crippen molar-refractivity contribution < 1.29 is 9.59 Å². The van der Waals surface area contributed by atoms with E-state index in [4.69, 9.17) is 0 Å². The van der Waals surface area contributed by atoms with Gasteiger partial charge in [0.1, 0.15) is 11.6 Å². The molecular weight excluding hydrogens is 432 g/mol. The highest BCUT2D eigenvalue weighted by Gasteiger charge is 2.06. The van der Waals surface area contributed by atoms with E-state index < -0.39 is 0 Å². The van der Waals surface area contributed by atoms with Crippen molar-refractivity contribution in [3.05, 3.63) is 85.2 Å². The molecule has 4 aromatic rings. The van der Waals surface area contributed by atoms with Gasteiger partial charge in [0, 0.05) is 36.6 Å². The first-order chi connectivity index (χ1) is 16.6. The Bertz CT molecular complexity index is 1080. The van der Waals surface area contributed by atoms with Crippen molar-refractivity contribution in [3.63, 3.8) is 0 Å². The summed E-state index contributed by atoms with van der Waals surface area (Å²) in [5, 5.41) is 19.1. The van der Waals surface area contributed by atoms with E-state index in [0.717, 1.165) is 11.4 Å². The van der Waals surface area contributed by atoms with Crippen LogP contribution in [0.4, 0.5) is 32.6 Å². The average Bonchev–Trinajstić information content (AvgIpc) is 3.49. The summed E-state index contributed by atoms with van der Waals surface area (Å²) < 4.78 is 3.43. The second-order valence-electron chi connectivity index (χ2n) is 6.95. The minimum atomic E-state index is -0.272. The van der Waals surface area contributed by atoms with E-state index in [9.17, 15) is 9.59 Å². The predicted octanol–water partition coefficient (Wildman–Crippen LogP) is 5.09. The van der Waals surface area contributed by atoms with Crippen molar-refractivity contribution in [1.82, 2.24) is 19.6 Å². The Balaban J connectivity index is 0.000000191. The molecule has 2 aromatic carbocycles. The highest BCUT2D eigenvalue weighted by molar-refractivity contribution is 5.99. The third-order valence-corrected chi connectivity index (χ3v) is 4.58. The van der Waals surface area contributed by atoms with Crippen LogP contribution in [-0.4, -0.2) is 31.6 Å². The Kier molecular flexibility index (Phi) is 8.80. The molecule has 2 heterocycles. The Labute approximate surface area is 198 Å². The van der Waals surface area contributed by atoms with Gasteiger partial charge in [0.2, 0.25) is 0 Å². The van der Waals surface area contributed by atoms with Crippen molar-refractivity contribution in [2.45, 2.75) is 26.9 Å². The molecule has 34 heavy (non-hydrogen) atoms. The molecule has 0 spiro atoms. The Morgan fingerprint density at radius 2 is 1.00 bits per heavy atom. The molecule has 0 fully saturated rings. The number of benzene rings is 2. The van der Waals surface area contributed by atoms with Crippen molar-refractivity contribution in [2.24, 2.45) is 0 Å². The van der Waals surface area contributed by atoms with Crippen molar-refractivity contribution in [3.8, 4) is 0 Å². The number of hydrogen-bond acceptors (Lipinski definition) is 4. The Morgan fingerprint density at radius 1 is 0.618 bits per heavy atom. The lowest BCUT2D eigenvalue weighted by Gasteiger charge is -2.08. The summed E-state index contributed by atoms with van der Waals surface area (Å²) in [5.74, 6) is 1.36. The van der Waals surface area contributed by atoms with Crippen LogP contribution in [0.25, 0.3) is 0 Å². The molecule has 0 aliphatic rings. The number of carbonyl (C=O) groups excluding carboxylic acids is 2. The summed E-state index contributed by atoms with van der Waals surface area (Å²) >= 11 is 0. The molecule has 0 atom stereocenters. The van der Waals surface area contributed by atoms with Gasteiger partial charge in [0.05, 0.1) is 12.4 Å². The maximum absolute atomic E-state index is 11.7. The molecule has 0 bridgehead atoms. The van der Waals surface area contributed by atoms with E-state index in [0.29, 0.717) is 24.7 Å². The lowest BCUT2D eigenvalue weighted by atomic mass is 10.3. The van der Waals surface area contributed by atoms with Crippen LogP contribution >= 0.6 is 0 Å². The number of aromatic nitrogens is 4. The van der Waals surface area contributed by atoms with Crippen LogP contribution in [0.3, 0.4) is 0 Å². The zero-order valence-electron chi connectivity index (χ0n) is 19.1. The van der Waals surface area contributed by atoms with Crippen LogP contribution in [0.2, 0.25) is 0 Å². The number of aryl methyl sites for hydroxylation is 2. The number of hydrogen-bond donors (Lipinski definition) is 4. The van der Waals surface area contributed by atoms with E-state index in [1.165, 1.54) is 0 Å². The smallest absolute Gasteiger partial charge is 0.308 e. The molecule has 0 aliphatic heterocycles. The topological polar surface area (TPSA) is 118 Å². The molecule has 10 nitrogen and oxygen atoms in total. The van der Waals surface area contributed by atoms with Crippen LogP contribution < -0.4 is 21.3 Å². The molecule has 4 rings (SSSR count). The van der Waals surface area contributed by atoms with Gasteiger partial charge < -0.3 is 10.6 Å². The summed E-state index contributed by atoms with van der Waals surface area (Å²) in [7, 11) is 0. The van der Waals surface area contributed by atoms with Crippen LogP contribution in [0.5, 0.6) is 0 Å². The molecule has 0 unspecified atom stereocenters. The fraction of sp³-hybridized carbons (Fsp3) is 0.167. The number of amides is 4. The fourth-order valence-electron chi connectivity index (χ4n) is 2.98. The minimum absolute atomic E-state index is 0.272. The normalized spacial score (nSPS) is 9.94. The predicted molar refractivity (Wildman–Crippen MR) is 134 cm³/mol. The highest BCUT2D eigenvalue weighted by atomic mass is 16.2. The Morgan fingerprint density at radius 3 is 1.35 bits per heavy atom. The van der Waals surface area contributed by atoms with E-state index in [2.05, 4.69) is 31.5 Å². The number of urea groups is 2. The number of anilines is 4. The van der Waals surface area contributed by atoms with Gasteiger partial charge in [-0.25, -0.2) is 19.0 Å². The number of carbonyl (C=O) groups is 2. The van der Waals surface area contributed by atoms with Gasteiger partial charge in [0.15, 0.2) is 0 Å². The zero-order chi connectivity index (χ0) is 24.2. The zero-order valence-corrected chi connectivity index (χ0v) is 19.1. The highest BCUT2D eigenvalue weighted by Crippen LogP contribution is 2.10. The first-order valence-electron chi connectivity index (χ1n) is 10.9. The summed E-state index contributed by atoms with van der Waals surface area (Å²) in [4.78, 5) is 23.4. The molecule has 0 radical (unpaired) electrons. The molecule has 4 amide bonds. The van der Waals surface area contributed by atoms with Gasteiger partial charge in [-0.15, -0.1) is 0 Å². The van der Waals surface area contributed by atoms with Crippen molar-refractivity contribution >= 4 is 35.1 Å². The minimum Gasteiger partial charge on any atom is -0.308 e. The van der Waals surface area contributed by atoms with Gasteiger partial charge in [-0.3, -0.25) is 10.6 Å².